The van der Waals surface area contributed by atoms with Gasteiger partial charge in [-0.2, -0.15) is 13.2 Å². The monoisotopic (exact) mass is 514 g/mol. The van der Waals surface area contributed by atoms with E-state index >= 15 is 0 Å². The molecule has 168 valence electrons. The van der Waals surface area contributed by atoms with Gasteiger partial charge in [-0.15, -0.1) is 4.36 Å². The summed E-state index contributed by atoms with van der Waals surface area (Å²) in [4.78, 5) is 24.6. The van der Waals surface area contributed by atoms with Crippen molar-refractivity contribution in [3.8, 4) is 0 Å². The van der Waals surface area contributed by atoms with Crippen LogP contribution in [0.25, 0.3) is 0 Å². The molecule has 30 heavy (non-hydrogen) atoms. The van der Waals surface area contributed by atoms with Gasteiger partial charge in [0, 0.05) is 28.2 Å². The van der Waals surface area contributed by atoms with Crippen LogP contribution in [0.15, 0.2) is 31.9 Å². The molecule has 1 N–H and O–H groups in total. The Morgan fingerprint density at radius 3 is 2.27 bits per heavy atom. The zero-order valence-electron chi connectivity index (χ0n) is 16.7. The van der Waals surface area contributed by atoms with E-state index in [-0.39, 0.29) is 10.6 Å². The topological polar surface area (TPSA) is 96.3 Å². The maximum Gasteiger partial charge on any atom is 0.442 e. The number of carbonyl (C=O) groups is 2. The SMILES string of the molecule is CCS(=O)(=NC(=O)OC(C)(C)C)c1ccc(N2CC(C(=O)O)(C(F)(F)F)C2)c(Br)c1. The van der Waals surface area contributed by atoms with E-state index in [9.17, 15) is 27.0 Å². The molecular formula is C18H22BrF3N2O5S. The van der Waals surface area contributed by atoms with E-state index < -0.39 is 52.1 Å². The Morgan fingerprint density at radius 2 is 1.87 bits per heavy atom. The van der Waals surface area contributed by atoms with Crippen molar-refractivity contribution in [3.05, 3.63) is 22.7 Å². The molecule has 1 fully saturated rings. The summed E-state index contributed by atoms with van der Waals surface area (Å²) in [7, 11) is -3.16. The van der Waals surface area contributed by atoms with E-state index in [1.54, 1.807) is 27.7 Å². The normalized spacial score (nSPS) is 18.2. The summed E-state index contributed by atoms with van der Waals surface area (Å²) in [5.74, 6) is -1.91. The summed E-state index contributed by atoms with van der Waals surface area (Å²) in [5.41, 5.74) is -3.32. The molecule has 0 bridgehead atoms. The smallest absolute Gasteiger partial charge is 0.442 e. The molecule has 1 amide bonds. The number of anilines is 1. The molecule has 1 unspecified atom stereocenters. The highest BCUT2D eigenvalue weighted by Crippen LogP contribution is 2.48. The van der Waals surface area contributed by atoms with Gasteiger partial charge in [-0.25, -0.2) is 9.00 Å². The second-order valence-corrected chi connectivity index (χ2v) is 11.2. The standard InChI is InChI=1S/C18H22BrF3N2O5S/c1-5-30(28,23-15(27)29-16(2,3)4)11-6-7-13(12(19)8-11)24-9-17(10-24,14(25)26)18(20,21)22/h6-8H,5,9-10H2,1-4H3,(H,25,26). The number of carbonyl (C=O) groups excluding carboxylic acids is 1. The highest BCUT2D eigenvalue weighted by atomic mass is 79.9. The number of halogens is 4. The van der Waals surface area contributed by atoms with Crippen molar-refractivity contribution < 1.29 is 36.8 Å². The summed E-state index contributed by atoms with van der Waals surface area (Å²) >= 11 is 3.23. The molecule has 1 aromatic carbocycles. The van der Waals surface area contributed by atoms with Gasteiger partial charge in [0.05, 0.1) is 15.4 Å². The molecule has 0 radical (unpaired) electrons. The van der Waals surface area contributed by atoms with Crippen LogP contribution < -0.4 is 4.90 Å². The van der Waals surface area contributed by atoms with Crippen LogP contribution in [-0.4, -0.2) is 52.0 Å². The molecular weight excluding hydrogens is 493 g/mol. The number of hydrogen-bond donors (Lipinski definition) is 1. The number of aliphatic carboxylic acids is 1. The average Bonchev–Trinajstić information content (AvgIpc) is 2.51. The van der Waals surface area contributed by atoms with E-state index in [0.717, 1.165) is 0 Å². The highest BCUT2D eigenvalue weighted by molar-refractivity contribution is 9.10. The van der Waals surface area contributed by atoms with Crippen LogP contribution >= 0.6 is 15.9 Å². The number of ether oxygens (including phenoxy) is 1. The predicted molar refractivity (Wildman–Crippen MR) is 108 cm³/mol. The molecule has 1 aliphatic heterocycles. The van der Waals surface area contributed by atoms with Gasteiger partial charge in [-0.05, 0) is 54.9 Å². The van der Waals surface area contributed by atoms with Crippen LogP contribution in [0.4, 0.5) is 23.7 Å². The van der Waals surface area contributed by atoms with Gasteiger partial charge < -0.3 is 14.7 Å². The van der Waals surface area contributed by atoms with Gasteiger partial charge in [0.1, 0.15) is 5.60 Å². The van der Waals surface area contributed by atoms with E-state index in [1.165, 1.54) is 23.1 Å². The molecule has 0 aromatic heterocycles. The maximum atomic E-state index is 13.2. The van der Waals surface area contributed by atoms with Crippen molar-refractivity contribution in [2.75, 3.05) is 23.7 Å². The van der Waals surface area contributed by atoms with E-state index in [0.29, 0.717) is 10.2 Å². The lowest BCUT2D eigenvalue weighted by atomic mass is 9.78. The molecule has 0 aliphatic carbocycles. The molecule has 0 spiro atoms. The molecule has 1 aliphatic rings. The lowest BCUT2D eigenvalue weighted by Crippen LogP contribution is -2.67. The third-order valence-electron chi connectivity index (χ3n) is 4.51. The van der Waals surface area contributed by atoms with E-state index in [2.05, 4.69) is 20.3 Å². The molecule has 1 aromatic rings. The largest absolute Gasteiger partial charge is 0.480 e. The lowest BCUT2D eigenvalue weighted by molar-refractivity contribution is -0.237. The molecule has 1 atom stereocenters. The Labute approximate surface area is 180 Å². The fraction of sp³-hybridized carbons (Fsp3) is 0.556. The van der Waals surface area contributed by atoms with Crippen molar-refractivity contribution in [1.82, 2.24) is 0 Å². The number of nitrogens with zero attached hydrogens (tertiary/aromatic N) is 2. The van der Waals surface area contributed by atoms with Crippen molar-refractivity contribution in [1.29, 1.82) is 0 Å². The van der Waals surface area contributed by atoms with Crippen molar-refractivity contribution in [2.45, 2.75) is 44.4 Å². The Kier molecular flexibility index (Phi) is 6.54. The number of amides is 1. The fourth-order valence-electron chi connectivity index (χ4n) is 2.84. The van der Waals surface area contributed by atoms with E-state index in [4.69, 9.17) is 9.84 Å². The lowest BCUT2D eigenvalue weighted by Gasteiger charge is -2.49. The third kappa shape index (κ3) is 4.74. The zero-order valence-corrected chi connectivity index (χ0v) is 19.2. The Bertz CT molecular complexity index is 975. The minimum Gasteiger partial charge on any atom is -0.480 e. The number of carboxylic acid groups (broad SMARTS) is 1. The predicted octanol–water partition coefficient (Wildman–Crippen LogP) is 4.68. The van der Waals surface area contributed by atoms with Crippen molar-refractivity contribution in [2.24, 2.45) is 9.78 Å². The first-order valence-electron chi connectivity index (χ1n) is 8.87. The van der Waals surface area contributed by atoms with Gasteiger partial charge in [-0.3, -0.25) is 4.79 Å². The van der Waals surface area contributed by atoms with Crippen LogP contribution in [0, 0.1) is 5.41 Å². The molecule has 7 nitrogen and oxygen atoms in total. The van der Waals surface area contributed by atoms with Crippen molar-refractivity contribution >= 4 is 43.4 Å². The second-order valence-electron chi connectivity index (χ2n) is 7.86. The van der Waals surface area contributed by atoms with Crippen LogP contribution in [0.1, 0.15) is 27.7 Å². The first kappa shape index (κ1) is 24.4. The van der Waals surface area contributed by atoms with Crippen LogP contribution in [0.5, 0.6) is 0 Å². The van der Waals surface area contributed by atoms with Gasteiger partial charge in [0.15, 0.2) is 5.41 Å². The van der Waals surface area contributed by atoms with Crippen molar-refractivity contribution in [3.63, 3.8) is 0 Å². The van der Waals surface area contributed by atoms with Gasteiger partial charge in [0.2, 0.25) is 0 Å². The van der Waals surface area contributed by atoms with Crippen LogP contribution in [0.2, 0.25) is 0 Å². The highest BCUT2D eigenvalue weighted by Gasteiger charge is 2.67. The molecule has 12 heteroatoms. The second kappa shape index (κ2) is 8.03. The Hall–Kier alpha value is -1.82. The molecule has 0 saturated carbocycles. The average molecular weight is 515 g/mol. The zero-order chi connectivity index (χ0) is 23.1. The molecule has 1 heterocycles. The number of alkyl halides is 3. The summed E-state index contributed by atoms with van der Waals surface area (Å²) in [5, 5.41) is 9.05. The molecule has 1 saturated heterocycles. The number of rotatable bonds is 4. The van der Waals surface area contributed by atoms with Gasteiger partial charge in [0.25, 0.3) is 0 Å². The Morgan fingerprint density at radius 1 is 1.30 bits per heavy atom. The minimum absolute atomic E-state index is 0.0118. The summed E-state index contributed by atoms with van der Waals surface area (Å²) in [6.07, 6.45) is -5.86. The van der Waals surface area contributed by atoms with Gasteiger partial charge >= 0.3 is 18.2 Å². The Balaban J connectivity index is 2.32. The number of benzene rings is 1. The minimum atomic E-state index is -4.88. The summed E-state index contributed by atoms with van der Waals surface area (Å²) in [6, 6.07) is 4.22. The van der Waals surface area contributed by atoms with Gasteiger partial charge in [-0.1, -0.05) is 6.92 Å². The van der Waals surface area contributed by atoms with Crippen LogP contribution in [-0.2, 0) is 19.3 Å². The molecule has 2 rings (SSSR count). The fourth-order valence-corrected chi connectivity index (χ4v) is 5.05. The quantitative estimate of drug-likeness (QED) is 0.626. The number of carboxylic acids is 1. The summed E-state index contributed by atoms with van der Waals surface area (Å²) < 4.78 is 61.8. The number of hydrogen-bond acceptors (Lipinski definition) is 5. The van der Waals surface area contributed by atoms with E-state index in [1.807, 2.05) is 0 Å². The first-order valence-corrected chi connectivity index (χ1v) is 11.3. The van der Waals surface area contributed by atoms with Crippen LogP contribution in [0.3, 0.4) is 0 Å². The maximum absolute atomic E-state index is 13.2. The summed E-state index contributed by atoms with van der Waals surface area (Å²) in [6.45, 7) is 5.03. The third-order valence-corrected chi connectivity index (χ3v) is 7.36. The first-order chi connectivity index (χ1) is 13.5.